The zero-order valence-electron chi connectivity index (χ0n) is 17.7. The Morgan fingerprint density at radius 3 is 2.25 bits per heavy atom. The van der Waals surface area contributed by atoms with Crippen LogP contribution in [0.3, 0.4) is 0 Å². The Kier molecular flexibility index (Phi) is 4.80. The van der Waals surface area contributed by atoms with Crippen molar-refractivity contribution < 1.29 is 9.72 Å². The van der Waals surface area contributed by atoms with Crippen molar-refractivity contribution in [3.8, 4) is 5.69 Å². The molecule has 2 unspecified atom stereocenters. The van der Waals surface area contributed by atoms with Crippen LogP contribution >= 0.6 is 0 Å². The van der Waals surface area contributed by atoms with E-state index in [4.69, 9.17) is 0 Å². The van der Waals surface area contributed by atoms with Gasteiger partial charge in [0, 0.05) is 55.5 Å². The molecule has 2 aliphatic rings. The molecule has 0 N–H and O–H groups in total. The fraction of sp³-hybridized carbons (Fsp3) is 0.381. The summed E-state index contributed by atoms with van der Waals surface area (Å²) in [4.78, 5) is 38.9. The normalized spacial score (nSPS) is 19.9. The van der Waals surface area contributed by atoms with Gasteiger partial charge in [0.1, 0.15) is 11.3 Å². The number of benzene rings is 1. The molecule has 4 heterocycles. The topological polar surface area (TPSA) is 123 Å². The first-order chi connectivity index (χ1) is 15.4. The number of carbonyl (C=O) groups is 1. The van der Waals surface area contributed by atoms with Gasteiger partial charge in [-0.15, -0.1) is 0 Å². The number of aryl methyl sites for hydroxylation is 2. The van der Waals surface area contributed by atoms with Crippen molar-refractivity contribution in [2.24, 2.45) is 11.8 Å². The van der Waals surface area contributed by atoms with E-state index in [-0.39, 0.29) is 29.0 Å². The maximum atomic E-state index is 13.5. The number of rotatable bonds is 4. The Morgan fingerprint density at radius 2 is 1.66 bits per heavy atom. The van der Waals surface area contributed by atoms with Gasteiger partial charge in [-0.2, -0.15) is 15.0 Å². The lowest BCUT2D eigenvalue weighted by atomic mass is 10.0. The number of fused-ring (bicyclic) bond motifs is 1. The second-order valence-electron chi connectivity index (χ2n) is 8.33. The van der Waals surface area contributed by atoms with E-state index in [2.05, 4.69) is 25.1 Å². The van der Waals surface area contributed by atoms with Gasteiger partial charge in [0.25, 0.3) is 11.6 Å². The van der Waals surface area contributed by atoms with E-state index in [0.29, 0.717) is 18.8 Å². The molecule has 1 amide bonds. The number of nitrogens with zero attached hydrogens (tertiary/aromatic N) is 8. The minimum atomic E-state index is -0.531. The van der Waals surface area contributed by atoms with Gasteiger partial charge in [0.2, 0.25) is 5.95 Å². The van der Waals surface area contributed by atoms with Crippen LogP contribution in [0.5, 0.6) is 0 Å². The average molecular weight is 434 g/mol. The third kappa shape index (κ3) is 3.45. The smallest absolute Gasteiger partial charge is 0.284 e. The summed E-state index contributed by atoms with van der Waals surface area (Å²) >= 11 is 0. The summed E-state index contributed by atoms with van der Waals surface area (Å²) in [6.07, 6.45) is 2.94. The highest BCUT2D eigenvalue weighted by molar-refractivity contribution is 6.01. The number of aromatic nitrogens is 5. The molecule has 0 radical (unpaired) electrons. The molecule has 0 bridgehead atoms. The molecule has 32 heavy (non-hydrogen) atoms. The summed E-state index contributed by atoms with van der Waals surface area (Å²) in [7, 11) is 0. The predicted molar refractivity (Wildman–Crippen MR) is 115 cm³/mol. The Hall–Kier alpha value is -3.89. The summed E-state index contributed by atoms with van der Waals surface area (Å²) in [5.41, 5.74) is 1.93. The molecule has 1 aromatic carbocycles. The van der Waals surface area contributed by atoms with Crippen LogP contribution in [0.1, 0.15) is 21.7 Å². The monoisotopic (exact) mass is 434 g/mol. The lowest BCUT2D eigenvalue weighted by molar-refractivity contribution is -0.385. The standard InChI is InChI=1S/C21H22N8O3/c1-13-8-14(2)25-21(24-13)27-11-15-9-26(10-16(15)12-27)20(30)19-17(28-22-6-7-23-28)4-3-5-18(19)29(31)32/h3-8,15-16H,9-12H2,1-2H3. The van der Waals surface area contributed by atoms with E-state index >= 15 is 0 Å². The van der Waals surface area contributed by atoms with Gasteiger partial charge in [-0.1, -0.05) is 6.07 Å². The van der Waals surface area contributed by atoms with Crippen LogP contribution in [-0.2, 0) is 0 Å². The fourth-order valence-corrected chi connectivity index (χ4v) is 4.74. The quantitative estimate of drug-likeness (QED) is 0.450. The van der Waals surface area contributed by atoms with Crippen LogP contribution in [0, 0.1) is 35.8 Å². The second kappa shape index (κ2) is 7.66. The Balaban J connectivity index is 1.39. The average Bonchev–Trinajstić information content (AvgIpc) is 3.48. The van der Waals surface area contributed by atoms with Crippen molar-refractivity contribution >= 4 is 17.5 Å². The van der Waals surface area contributed by atoms with Crippen LogP contribution in [0.2, 0.25) is 0 Å². The van der Waals surface area contributed by atoms with Crippen molar-refractivity contribution in [1.29, 1.82) is 0 Å². The van der Waals surface area contributed by atoms with Gasteiger partial charge in [-0.05, 0) is 26.0 Å². The van der Waals surface area contributed by atoms with E-state index in [1.807, 2.05) is 19.9 Å². The Bertz CT molecular complexity index is 1160. The van der Waals surface area contributed by atoms with E-state index in [1.54, 1.807) is 11.0 Å². The van der Waals surface area contributed by atoms with E-state index in [9.17, 15) is 14.9 Å². The van der Waals surface area contributed by atoms with Crippen molar-refractivity contribution in [2.75, 3.05) is 31.1 Å². The number of amides is 1. The summed E-state index contributed by atoms with van der Waals surface area (Å²) in [5, 5.41) is 19.8. The van der Waals surface area contributed by atoms with Crippen molar-refractivity contribution in [1.82, 2.24) is 29.9 Å². The van der Waals surface area contributed by atoms with Crippen LogP contribution in [0.4, 0.5) is 11.6 Å². The van der Waals surface area contributed by atoms with Gasteiger partial charge < -0.3 is 9.80 Å². The van der Waals surface area contributed by atoms with E-state index < -0.39 is 4.92 Å². The van der Waals surface area contributed by atoms with E-state index in [1.165, 1.54) is 29.3 Å². The van der Waals surface area contributed by atoms with E-state index in [0.717, 1.165) is 30.4 Å². The molecule has 164 valence electrons. The number of anilines is 1. The molecule has 2 saturated heterocycles. The van der Waals surface area contributed by atoms with Crippen LogP contribution < -0.4 is 4.90 Å². The van der Waals surface area contributed by atoms with Gasteiger partial charge in [-0.25, -0.2) is 9.97 Å². The Labute approximate surface area is 183 Å². The minimum Gasteiger partial charge on any atom is -0.340 e. The molecule has 2 aliphatic heterocycles. The highest BCUT2D eigenvalue weighted by Crippen LogP contribution is 2.35. The third-order valence-electron chi connectivity index (χ3n) is 6.09. The molecule has 3 aromatic rings. The minimum absolute atomic E-state index is 0.0168. The number of likely N-dealkylation sites (tertiary alicyclic amines) is 1. The van der Waals surface area contributed by atoms with Gasteiger partial charge in [0.05, 0.1) is 17.3 Å². The maximum Gasteiger partial charge on any atom is 0.284 e. The molecule has 0 saturated carbocycles. The van der Waals surface area contributed by atoms with Crippen LogP contribution in [0.25, 0.3) is 5.69 Å². The number of hydrogen-bond donors (Lipinski definition) is 0. The van der Waals surface area contributed by atoms with Gasteiger partial charge in [0.15, 0.2) is 0 Å². The number of hydrogen-bond acceptors (Lipinski definition) is 8. The lowest BCUT2D eigenvalue weighted by Gasteiger charge is -2.22. The highest BCUT2D eigenvalue weighted by atomic mass is 16.6. The van der Waals surface area contributed by atoms with Crippen LogP contribution in [0.15, 0.2) is 36.7 Å². The lowest BCUT2D eigenvalue weighted by Crippen LogP contribution is -2.34. The summed E-state index contributed by atoms with van der Waals surface area (Å²) in [6.45, 7) is 6.47. The second-order valence-corrected chi connectivity index (χ2v) is 8.33. The largest absolute Gasteiger partial charge is 0.340 e. The number of nitro benzene ring substituents is 1. The maximum absolute atomic E-state index is 13.5. The number of carbonyl (C=O) groups excluding carboxylic acids is 1. The molecule has 11 nitrogen and oxygen atoms in total. The molecule has 11 heteroatoms. The zero-order chi connectivity index (χ0) is 22.4. The summed E-state index contributed by atoms with van der Waals surface area (Å²) < 4.78 is 0. The summed E-state index contributed by atoms with van der Waals surface area (Å²) in [6, 6.07) is 6.44. The Morgan fingerprint density at radius 1 is 1.03 bits per heavy atom. The molecule has 2 aromatic heterocycles. The SMILES string of the molecule is Cc1cc(C)nc(N2CC3CN(C(=O)c4c(-n5nccn5)cccc4[N+](=O)[O-])CC3C2)n1. The molecule has 0 aliphatic carbocycles. The molecule has 0 spiro atoms. The molecule has 2 fully saturated rings. The molecule has 2 atom stereocenters. The van der Waals surface area contributed by atoms with Crippen LogP contribution in [-0.4, -0.2) is 66.9 Å². The first-order valence-corrected chi connectivity index (χ1v) is 10.4. The molecule has 5 rings (SSSR count). The zero-order valence-corrected chi connectivity index (χ0v) is 17.7. The van der Waals surface area contributed by atoms with Gasteiger partial charge in [-0.3, -0.25) is 14.9 Å². The predicted octanol–water partition coefficient (Wildman–Crippen LogP) is 1.79. The molecular formula is C21H22N8O3. The number of nitro groups is 1. The third-order valence-corrected chi connectivity index (χ3v) is 6.09. The highest BCUT2D eigenvalue weighted by Gasteiger charge is 2.44. The summed E-state index contributed by atoms with van der Waals surface area (Å²) in [5.74, 6) is 0.878. The first-order valence-electron chi connectivity index (χ1n) is 10.4. The first kappa shape index (κ1) is 20.0. The fourth-order valence-electron chi connectivity index (χ4n) is 4.74. The van der Waals surface area contributed by atoms with Gasteiger partial charge >= 0.3 is 0 Å². The van der Waals surface area contributed by atoms with Crippen molar-refractivity contribution in [3.63, 3.8) is 0 Å². The van der Waals surface area contributed by atoms with Crippen molar-refractivity contribution in [2.45, 2.75) is 13.8 Å². The van der Waals surface area contributed by atoms with Crippen molar-refractivity contribution in [3.05, 3.63) is 63.7 Å². The molecular weight excluding hydrogens is 412 g/mol.